The van der Waals surface area contributed by atoms with E-state index in [9.17, 15) is 0 Å². The fourth-order valence-electron chi connectivity index (χ4n) is 2.36. The quantitative estimate of drug-likeness (QED) is 0.894. The van der Waals surface area contributed by atoms with Crippen LogP contribution in [0.3, 0.4) is 0 Å². The number of aryl methyl sites for hydroxylation is 1. The first-order chi connectivity index (χ1) is 10.3. The Balaban J connectivity index is 1.81. The number of hydrogen-bond acceptors (Lipinski definition) is 5. The third kappa shape index (κ3) is 3.56. The summed E-state index contributed by atoms with van der Waals surface area (Å²) in [5.41, 5.74) is 3.45. The summed E-state index contributed by atoms with van der Waals surface area (Å²) < 4.78 is 0. The van der Waals surface area contributed by atoms with Crippen LogP contribution in [0.2, 0.25) is 0 Å². The van der Waals surface area contributed by atoms with Gasteiger partial charge in [-0.25, -0.2) is 0 Å². The Kier molecular flexibility index (Phi) is 4.09. The van der Waals surface area contributed by atoms with Gasteiger partial charge in [-0.1, -0.05) is 29.8 Å². The number of hydrogen-bond donors (Lipinski definition) is 2. The van der Waals surface area contributed by atoms with E-state index < -0.39 is 0 Å². The minimum absolute atomic E-state index is 0.131. The number of benzene rings is 1. The number of nitrogens with one attached hydrogen (secondary N) is 2. The summed E-state index contributed by atoms with van der Waals surface area (Å²) in [6.07, 6.45) is 6.01. The maximum absolute atomic E-state index is 4.42. The second-order valence-electron chi connectivity index (χ2n) is 5.17. The average Bonchev–Trinajstić information content (AvgIpc) is 3.01. The Morgan fingerprint density at radius 3 is 2.76 bits per heavy atom. The van der Waals surface area contributed by atoms with E-state index in [1.807, 2.05) is 6.20 Å². The molecular formula is C16H19N5. The molecule has 0 radical (unpaired) electrons. The van der Waals surface area contributed by atoms with Crippen LogP contribution in [0.1, 0.15) is 22.9 Å². The molecule has 5 heteroatoms. The zero-order valence-electron chi connectivity index (χ0n) is 12.1. The Morgan fingerprint density at radius 2 is 2.10 bits per heavy atom. The number of rotatable bonds is 4. The first-order valence-electron chi connectivity index (χ1n) is 7.17. The van der Waals surface area contributed by atoms with E-state index in [-0.39, 0.29) is 6.04 Å². The minimum Gasteiger partial charge on any atom is -0.355 e. The summed E-state index contributed by atoms with van der Waals surface area (Å²) in [5, 5.41) is 6.73. The highest BCUT2D eigenvalue weighted by Crippen LogP contribution is 2.18. The molecule has 2 heterocycles. The number of aromatic nitrogens is 2. The number of guanidine groups is 1. The lowest BCUT2D eigenvalue weighted by Crippen LogP contribution is -2.37. The van der Waals surface area contributed by atoms with Crippen LogP contribution in [0.4, 0.5) is 0 Å². The van der Waals surface area contributed by atoms with Gasteiger partial charge in [0.05, 0.1) is 18.3 Å². The summed E-state index contributed by atoms with van der Waals surface area (Å²) >= 11 is 0. The molecule has 1 aromatic heterocycles. The molecule has 1 unspecified atom stereocenters. The smallest absolute Gasteiger partial charge is 0.191 e. The minimum atomic E-state index is 0.131. The average molecular weight is 281 g/mol. The van der Waals surface area contributed by atoms with Crippen molar-refractivity contribution in [2.75, 3.05) is 13.1 Å². The van der Waals surface area contributed by atoms with Gasteiger partial charge in [-0.05, 0) is 12.5 Å². The van der Waals surface area contributed by atoms with Crippen LogP contribution < -0.4 is 10.6 Å². The molecule has 21 heavy (non-hydrogen) atoms. The zero-order valence-corrected chi connectivity index (χ0v) is 12.1. The predicted octanol–water partition coefficient (Wildman–Crippen LogP) is 1.62. The summed E-state index contributed by atoms with van der Waals surface area (Å²) in [4.78, 5) is 12.9. The van der Waals surface area contributed by atoms with Crippen molar-refractivity contribution in [3.8, 4) is 0 Å². The largest absolute Gasteiger partial charge is 0.355 e. The fraction of sp³-hybridized carbons (Fsp3) is 0.312. The highest BCUT2D eigenvalue weighted by Gasteiger charge is 2.16. The third-order valence-corrected chi connectivity index (χ3v) is 3.49. The molecule has 3 rings (SSSR count). The molecule has 0 saturated heterocycles. The lowest BCUT2D eigenvalue weighted by atomic mass is 10.0. The van der Waals surface area contributed by atoms with E-state index >= 15 is 0 Å². The first kappa shape index (κ1) is 13.5. The van der Waals surface area contributed by atoms with Crippen molar-refractivity contribution >= 4 is 5.96 Å². The lowest BCUT2D eigenvalue weighted by molar-refractivity contribution is 0.622. The van der Waals surface area contributed by atoms with Crippen molar-refractivity contribution in [3.05, 3.63) is 59.7 Å². The molecule has 0 saturated carbocycles. The summed E-state index contributed by atoms with van der Waals surface area (Å²) in [7, 11) is 0. The van der Waals surface area contributed by atoms with Crippen molar-refractivity contribution in [1.29, 1.82) is 0 Å². The van der Waals surface area contributed by atoms with Gasteiger partial charge in [-0.3, -0.25) is 15.0 Å². The molecule has 1 aliphatic heterocycles. The van der Waals surface area contributed by atoms with Crippen LogP contribution in [-0.2, 0) is 6.42 Å². The van der Waals surface area contributed by atoms with Crippen molar-refractivity contribution in [2.45, 2.75) is 19.4 Å². The van der Waals surface area contributed by atoms with Crippen molar-refractivity contribution in [2.24, 2.45) is 4.99 Å². The van der Waals surface area contributed by atoms with E-state index in [0.717, 1.165) is 31.2 Å². The third-order valence-electron chi connectivity index (χ3n) is 3.49. The van der Waals surface area contributed by atoms with Crippen LogP contribution in [0.5, 0.6) is 0 Å². The second-order valence-corrected chi connectivity index (χ2v) is 5.17. The molecule has 2 N–H and O–H groups in total. The molecule has 0 amide bonds. The first-order valence-corrected chi connectivity index (χ1v) is 7.17. The molecular weight excluding hydrogens is 262 g/mol. The Labute approximate surface area is 124 Å². The normalized spacial score (nSPS) is 15.2. The maximum Gasteiger partial charge on any atom is 0.191 e. The molecule has 5 nitrogen and oxygen atoms in total. The standard InChI is InChI=1S/C16H19N5/c1-12-2-4-13(5-3-12)15(21-16-19-8-9-20-16)10-14-11-17-6-7-18-14/h2-7,11,15H,8-10H2,1H3,(H2,19,20,21). The summed E-state index contributed by atoms with van der Waals surface area (Å²) in [6.45, 7) is 3.82. The Bertz CT molecular complexity index is 606. The van der Waals surface area contributed by atoms with Crippen molar-refractivity contribution in [1.82, 2.24) is 20.6 Å². The van der Waals surface area contributed by atoms with E-state index in [0.29, 0.717) is 0 Å². The monoisotopic (exact) mass is 281 g/mol. The van der Waals surface area contributed by atoms with Gasteiger partial charge in [0.2, 0.25) is 0 Å². The van der Waals surface area contributed by atoms with Crippen LogP contribution >= 0.6 is 0 Å². The van der Waals surface area contributed by atoms with Gasteiger partial charge in [-0.15, -0.1) is 0 Å². The van der Waals surface area contributed by atoms with Crippen molar-refractivity contribution in [3.63, 3.8) is 0 Å². The predicted molar refractivity (Wildman–Crippen MR) is 83.1 cm³/mol. The molecule has 0 bridgehead atoms. The number of aliphatic imine (C=N–C) groups is 1. The Morgan fingerprint density at radius 1 is 1.24 bits per heavy atom. The molecule has 2 aromatic rings. The van der Waals surface area contributed by atoms with Gasteiger partial charge in [-0.2, -0.15) is 0 Å². The van der Waals surface area contributed by atoms with Crippen LogP contribution in [-0.4, -0.2) is 29.0 Å². The molecule has 1 aliphatic rings. The van der Waals surface area contributed by atoms with Gasteiger partial charge >= 0.3 is 0 Å². The molecule has 108 valence electrons. The van der Waals surface area contributed by atoms with E-state index in [1.54, 1.807) is 12.4 Å². The number of nitrogens with zero attached hydrogens (tertiary/aromatic N) is 3. The molecule has 1 atom stereocenters. The van der Waals surface area contributed by atoms with Crippen LogP contribution in [0, 0.1) is 6.92 Å². The van der Waals surface area contributed by atoms with E-state index in [1.165, 1.54) is 11.1 Å². The lowest BCUT2D eigenvalue weighted by Gasteiger charge is -2.20. The van der Waals surface area contributed by atoms with Crippen molar-refractivity contribution < 1.29 is 0 Å². The molecule has 0 aliphatic carbocycles. The van der Waals surface area contributed by atoms with Crippen LogP contribution in [0.15, 0.2) is 47.8 Å². The zero-order chi connectivity index (χ0) is 14.5. The van der Waals surface area contributed by atoms with Gasteiger partial charge in [0.15, 0.2) is 5.96 Å². The second kappa shape index (κ2) is 6.35. The van der Waals surface area contributed by atoms with E-state index in [2.05, 4.69) is 56.8 Å². The molecule has 0 spiro atoms. The Hall–Kier alpha value is -2.43. The molecule has 1 aromatic carbocycles. The summed E-state index contributed by atoms with van der Waals surface area (Å²) in [5.74, 6) is 0.865. The fourth-order valence-corrected chi connectivity index (χ4v) is 2.36. The van der Waals surface area contributed by atoms with Gasteiger partial charge in [0.25, 0.3) is 0 Å². The topological polar surface area (TPSA) is 62.2 Å². The van der Waals surface area contributed by atoms with E-state index in [4.69, 9.17) is 0 Å². The summed E-state index contributed by atoms with van der Waals surface area (Å²) in [6, 6.07) is 8.69. The highest BCUT2D eigenvalue weighted by atomic mass is 15.2. The van der Waals surface area contributed by atoms with Gasteiger partial charge in [0, 0.05) is 31.6 Å². The van der Waals surface area contributed by atoms with Crippen LogP contribution in [0.25, 0.3) is 0 Å². The maximum atomic E-state index is 4.42. The SMILES string of the molecule is Cc1ccc(C(Cc2cnccn2)NC2=NCCN2)cc1. The highest BCUT2D eigenvalue weighted by molar-refractivity contribution is 5.81. The van der Waals surface area contributed by atoms with Gasteiger partial charge in [0.1, 0.15) is 0 Å². The molecule has 0 fully saturated rings. The van der Waals surface area contributed by atoms with Gasteiger partial charge < -0.3 is 10.6 Å².